The fourth-order valence-electron chi connectivity index (χ4n) is 1.17. The summed E-state index contributed by atoms with van der Waals surface area (Å²) in [5.74, 6) is -1.53. The molecular weight excluding hydrogens is 206 g/mol. The lowest BCUT2D eigenvalue weighted by Crippen LogP contribution is -2.35. The number of hydrogen-bond acceptors (Lipinski definition) is 4. The van der Waals surface area contributed by atoms with Crippen molar-refractivity contribution in [2.24, 2.45) is 5.73 Å². The minimum Gasteiger partial charge on any atom is -0.389 e. The Bertz CT molecular complexity index is 387. The number of carbonyl (C=O) groups excluding carboxylic acids is 2. The summed E-state index contributed by atoms with van der Waals surface area (Å²) >= 11 is 0. The average Bonchev–Trinajstić information content (AvgIpc) is 2.30. The SMILES string of the molecule is C=CC(=O)OC(=O)[C@@H](N)Cc1ccccc1. The first-order valence-corrected chi connectivity index (χ1v) is 4.81. The van der Waals surface area contributed by atoms with Gasteiger partial charge in [0.15, 0.2) is 0 Å². The molecule has 0 saturated heterocycles. The molecule has 0 heterocycles. The quantitative estimate of drug-likeness (QED) is 0.462. The molecule has 0 spiro atoms. The van der Waals surface area contributed by atoms with Gasteiger partial charge < -0.3 is 10.5 Å². The van der Waals surface area contributed by atoms with Gasteiger partial charge in [0.2, 0.25) is 0 Å². The molecule has 0 radical (unpaired) electrons. The molecule has 0 unspecified atom stereocenters. The van der Waals surface area contributed by atoms with Crippen LogP contribution < -0.4 is 5.73 Å². The Kier molecular flexibility index (Phi) is 4.42. The van der Waals surface area contributed by atoms with Crippen molar-refractivity contribution in [2.45, 2.75) is 12.5 Å². The summed E-state index contributed by atoms with van der Waals surface area (Å²) in [5.41, 5.74) is 6.51. The number of esters is 2. The molecule has 0 fully saturated rings. The summed E-state index contributed by atoms with van der Waals surface area (Å²) in [5, 5.41) is 0. The Balaban J connectivity index is 2.52. The van der Waals surface area contributed by atoms with Crippen LogP contribution in [0.3, 0.4) is 0 Å². The van der Waals surface area contributed by atoms with Crippen molar-refractivity contribution >= 4 is 11.9 Å². The van der Waals surface area contributed by atoms with Crippen molar-refractivity contribution in [1.29, 1.82) is 0 Å². The van der Waals surface area contributed by atoms with E-state index in [0.29, 0.717) is 6.42 Å². The highest BCUT2D eigenvalue weighted by Crippen LogP contribution is 2.03. The highest BCUT2D eigenvalue weighted by Gasteiger charge is 2.17. The second kappa shape index (κ2) is 5.82. The Morgan fingerprint density at radius 1 is 1.38 bits per heavy atom. The van der Waals surface area contributed by atoms with Crippen LogP contribution in [0, 0.1) is 0 Å². The molecular formula is C12H13NO3. The zero-order valence-electron chi connectivity index (χ0n) is 8.76. The zero-order valence-corrected chi connectivity index (χ0v) is 8.76. The lowest BCUT2D eigenvalue weighted by Gasteiger charge is -2.09. The molecule has 0 amide bonds. The summed E-state index contributed by atoms with van der Waals surface area (Å²) in [7, 11) is 0. The Morgan fingerprint density at radius 2 is 2.00 bits per heavy atom. The van der Waals surface area contributed by atoms with Crippen LogP contribution in [0.1, 0.15) is 5.56 Å². The van der Waals surface area contributed by atoms with Gasteiger partial charge in [0.05, 0.1) is 0 Å². The third-order valence-electron chi connectivity index (χ3n) is 1.97. The molecule has 4 heteroatoms. The van der Waals surface area contributed by atoms with E-state index in [9.17, 15) is 9.59 Å². The predicted molar refractivity (Wildman–Crippen MR) is 59.4 cm³/mol. The summed E-state index contributed by atoms with van der Waals surface area (Å²) in [4.78, 5) is 22.1. The Morgan fingerprint density at radius 3 is 2.56 bits per heavy atom. The van der Waals surface area contributed by atoms with Gasteiger partial charge in [0.1, 0.15) is 6.04 Å². The average molecular weight is 219 g/mol. The lowest BCUT2D eigenvalue weighted by molar-refractivity contribution is -0.157. The van der Waals surface area contributed by atoms with Gasteiger partial charge in [-0.15, -0.1) is 0 Å². The van der Waals surface area contributed by atoms with Gasteiger partial charge in [0, 0.05) is 6.08 Å². The number of carbonyl (C=O) groups is 2. The van der Waals surface area contributed by atoms with Crippen molar-refractivity contribution in [3.63, 3.8) is 0 Å². The number of nitrogens with two attached hydrogens (primary N) is 1. The maximum Gasteiger partial charge on any atom is 0.337 e. The second-order valence-electron chi connectivity index (χ2n) is 3.24. The van der Waals surface area contributed by atoms with Gasteiger partial charge in [-0.3, -0.25) is 0 Å². The van der Waals surface area contributed by atoms with Crippen molar-refractivity contribution in [3.8, 4) is 0 Å². The van der Waals surface area contributed by atoms with E-state index < -0.39 is 18.0 Å². The van der Waals surface area contributed by atoms with Gasteiger partial charge in [0.25, 0.3) is 0 Å². The van der Waals surface area contributed by atoms with E-state index in [4.69, 9.17) is 5.73 Å². The molecule has 0 bridgehead atoms. The van der Waals surface area contributed by atoms with Gasteiger partial charge in [-0.2, -0.15) is 0 Å². The molecule has 1 atom stereocenters. The molecule has 0 aliphatic rings. The van der Waals surface area contributed by atoms with E-state index in [2.05, 4.69) is 11.3 Å². The van der Waals surface area contributed by atoms with Crippen molar-refractivity contribution in [3.05, 3.63) is 48.6 Å². The molecule has 1 aromatic carbocycles. The van der Waals surface area contributed by atoms with Gasteiger partial charge in [-0.05, 0) is 12.0 Å². The van der Waals surface area contributed by atoms with Crippen molar-refractivity contribution in [1.82, 2.24) is 0 Å². The fourth-order valence-corrected chi connectivity index (χ4v) is 1.17. The molecule has 0 aromatic heterocycles. The van der Waals surface area contributed by atoms with Gasteiger partial charge in [-0.1, -0.05) is 36.9 Å². The molecule has 84 valence electrons. The molecule has 0 aliphatic carbocycles. The predicted octanol–water partition coefficient (Wildman–Crippen LogP) is 0.812. The lowest BCUT2D eigenvalue weighted by atomic mass is 10.1. The number of benzene rings is 1. The first-order chi connectivity index (χ1) is 7.63. The molecule has 16 heavy (non-hydrogen) atoms. The standard InChI is InChI=1S/C12H13NO3/c1-2-11(14)16-12(15)10(13)8-9-6-4-3-5-7-9/h2-7,10H,1,8,13H2/t10-/m0/s1. The van der Waals surface area contributed by atoms with Crippen LogP contribution in [0.2, 0.25) is 0 Å². The monoisotopic (exact) mass is 219 g/mol. The van der Waals surface area contributed by atoms with E-state index in [1.165, 1.54) is 0 Å². The number of hydrogen-bond donors (Lipinski definition) is 1. The fraction of sp³-hybridized carbons (Fsp3) is 0.167. The Hall–Kier alpha value is -1.94. The van der Waals surface area contributed by atoms with Crippen LogP contribution in [0.15, 0.2) is 43.0 Å². The third-order valence-corrected chi connectivity index (χ3v) is 1.97. The highest BCUT2D eigenvalue weighted by molar-refractivity contribution is 5.93. The van der Waals surface area contributed by atoms with E-state index >= 15 is 0 Å². The van der Waals surface area contributed by atoms with E-state index in [1.54, 1.807) is 0 Å². The Labute approximate surface area is 93.7 Å². The van der Waals surface area contributed by atoms with Crippen LogP contribution in [0.5, 0.6) is 0 Å². The molecule has 2 N–H and O–H groups in total. The van der Waals surface area contributed by atoms with Crippen LogP contribution in [-0.2, 0) is 20.7 Å². The van der Waals surface area contributed by atoms with E-state index in [0.717, 1.165) is 11.6 Å². The first-order valence-electron chi connectivity index (χ1n) is 4.81. The minimum atomic E-state index is -0.841. The molecule has 4 nitrogen and oxygen atoms in total. The largest absolute Gasteiger partial charge is 0.389 e. The molecule has 1 rings (SSSR count). The number of rotatable bonds is 4. The second-order valence-corrected chi connectivity index (χ2v) is 3.24. The van der Waals surface area contributed by atoms with Crippen LogP contribution in [0.25, 0.3) is 0 Å². The molecule has 0 saturated carbocycles. The van der Waals surface area contributed by atoms with Gasteiger partial charge >= 0.3 is 11.9 Å². The minimum absolute atomic E-state index is 0.337. The van der Waals surface area contributed by atoms with Crippen LogP contribution in [0.4, 0.5) is 0 Å². The van der Waals surface area contributed by atoms with E-state index in [-0.39, 0.29) is 0 Å². The first kappa shape index (κ1) is 12.1. The van der Waals surface area contributed by atoms with E-state index in [1.807, 2.05) is 30.3 Å². The smallest absolute Gasteiger partial charge is 0.337 e. The summed E-state index contributed by atoms with van der Waals surface area (Å²) in [6.07, 6.45) is 1.26. The normalized spacial score (nSPS) is 11.6. The topological polar surface area (TPSA) is 69.4 Å². The third kappa shape index (κ3) is 3.67. The molecule has 0 aliphatic heterocycles. The van der Waals surface area contributed by atoms with Crippen LogP contribution in [-0.4, -0.2) is 18.0 Å². The summed E-state index contributed by atoms with van der Waals surface area (Å²) < 4.78 is 4.41. The maximum atomic E-state index is 11.3. The highest BCUT2D eigenvalue weighted by atomic mass is 16.6. The number of ether oxygens (including phenoxy) is 1. The van der Waals surface area contributed by atoms with Gasteiger partial charge in [-0.25, -0.2) is 9.59 Å². The summed E-state index contributed by atoms with van der Waals surface area (Å²) in [6, 6.07) is 8.43. The zero-order chi connectivity index (χ0) is 12.0. The van der Waals surface area contributed by atoms with Crippen molar-refractivity contribution < 1.29 is 14.3 Å². The maximum absolute atomic E-state index is 11.3. The van der Waals surface area contributed by atoms with Crippen molar-refractivity contribution in [2.75, 3.05) is 0 Å². The molecule has 1 aromatic rings. The summed E-state index contributed by atoms with van der Waals surface area (Å²) in [6.45, 7) is 3.19. The van der Waals surface area contributed by atoms with Crippen LogP contribution >= 0.6 is 0 Å².